The van der Waals surface area contributed by atoms with Crippen molar-refractivity contribution in [2.45, 2.75) is 38.9 Å². The van der Waals surface area contributed by atoms with Gasteiger partial charge in [0.1, 0.15) is 24.6 Å². The molecule has 7 nitrogen and oxygen atoms in total. The summed E-state index contributed by atoms with van der Waals surface area (Å²) in [6.07, 6.45) is 5.03. The Kier molecular flexibility index (Phi) is 9.40. The molecule has 0 amide bonds. The molecular weight excluding hydrogens is 482 g/mol. The van der Waals surface area contributed by atoms with Gasteiger partial charge in [0.05, 0.1) is 12.2 Å². The molecule has 0 unspecified atom stereocenters. The molecule has 38 heavy (non-hydrogen) atoms. The van der Waals surface area contributed by atoms with Crippen LogP contribution in [0.2, 0.25) is 0 Å². The number of ether oxygens (including phenoxy) is 3. The Morgan fingerprint density at radius 2 is 1.87 bits per heavy atom. The molecule has 0 spiro atoms. The number of rotatable bonds is 12. The van der Waals surface area contributed by atoms with Crippen molar-refractivity contribution in [1.82, 2.24) is 5.32 Å². The first-order chi connectivity index (χ1) is 18.5. The Morgan fingerprint density at radius 3 is 2.61 bits per heavy atom. The van der Waals surface area contributed by atoms with Crippen LogP contribution in [0.25, 0.3) is 17.2 Å². The Labute approximate surface area is 223 Å². The minimum absolute atomic E-state index is 0.0124. The van der Waals surface area contributed by atoms with Gasteiger partial charge in [0, 0.05) is 13.1 Å². The van der Waals surface area contributed by atoms with E-state index in [0.29, 0.717) is 31.2 Å². The van der Waals surface area contributed by atoms with Crippen molar-refractivity contribution in [3.05, 3.63) is 83.4 Å². The van der Waals surface area contributed by atoms with Gasteiger partial charge in [0.15, 0.2) is 11.5 Å². The highest BCUT2D eigenvalue weighted by Crippen LogP contribution is 2.32. The van der Waals surface area contributed by atoms with Gasteiger partial charge in [-0.15, -0.1) is 0 Å². The third kappa shape index (κ3) is 7.15. The summed E-state index contributed by atoms with van der Waals surface area (Å²) >= 11 is 0. The van der Waals surface area contributed by atoms with Crippen molar-refractivity contribution >= 4 is 12.0 Å². The van der Waals surface area contributed by atoms with Crippen molar-refractivity contribution in [2.75, 3.05) is 26.3 Å². The zero-order chi connectivity index (χ0) is 26.9. The molecule has 7 heteroatoms. The van der Waals surface area contributed by atoms with Crippen LogP contribution in [0.5, 0.6) is 17.2 Å². The van der Waals surface area contributed by atoms with Gasteiger partial charge in [-0.3, -0.25) is 0 Å². The van der Waals surface area contributed by atoms with E-state index in [2.05, 4.69) is 11.4 Å². The number of carbonyl (C=O) groups is 1. The lowest BCUT2D eigenvalue weighted by atomic mass is 9.96. The number of carboxylic acid groups (broad SMARTS) is 1. The van der Waals surface area contributed by atoms with Crippen molar-refractivity contribution in [3.63, 3.8) is 0 Å². The molecule has 0 aliphatic carbocycles. The van der Waals surface area contributed by atoms with Crippen LogP contribution in [0.1, 0.15) is 41.8 Å². The minimum Gasteiger partial charge on any atom is -0.490 e. The molecule has 1 heterocycles. The molecular formula is C31H35NO6. The number of hydrogen-bond donors (Lipinski definition) is 3. The summed E-state index contributed by atoms with van der Waals surface area (Å²) in [5, 5.41) is 22.9. The average Bonchev–Trinajstić information content (AvgIpc) is 2.93. The van der Waals surface area contributed by atoms with Crippen LogP contribution in [0.3, 0.4) is 0 Å². The minimum atomic E-state index is -0.930. The van der Waals surface area contributed by atoms with E-state index < -0.39 is 12.1 Å². The SMILES string of the molecule is CC=Cc1ccc(OCC)c(OC[C@H](O)CNC[C@H]2CCc3cc(-c4ccc(C(=O)O)cc4)ccc3O2)c1. The summed E-state index contributed by atoms with van der Waals surface area (Å²) in [5.74, 6) is 1.21. The first kappa shape index (κ1) is 27.2. The van der Waals surface area contributed by atoms with Crippen molar-refractivity contribution < 1.29 is 29.2 Å². The summed E-state index contributed by atoms with van der Waals surface area (Å²) in [6.45, 7) is 5.58. The fourth-order valence-corrected chi connectivity index (χ4v) is 4.44. The molecule has 0 aromatic heterocycles. The molecule has 0 saturated heterocycles. The fourth-order valence-electron chi connectivity index (χ4n) is 4.44. The molecule has 1 aliphatic heterocycles. The molecule has 0 bridgehead atoms. The molecule has 3 N–H and O–H groups in total. The second-order valence-electron chi connectivity index (χ2n) is 9.25. The Morgan fingerprint density at radius 1 is 1.08 bits per heavy atom. The van der Waals surface area contributed by atoms with Crippen LogP contribution in [-0.2, 0) is 6.42 Å². The number of fused-ring (bicyclic) bond motifs is 1. The maximum Gasteiger partial charge on any atom is 0.335 e. The monoisotopic (exact) mass is 517 g/mol. The maximum absolute atomic E-state index is 11.1. The fraction of sp³-hybridized carbons (Fsp3) is 0.323. The molecule has 3 aromatic rings. The van der Waals surface area contributed by atoms with Gasteiger partial charge in [-0.2, -0.15) is 0 Å². The Balaban J connectivity index is 1.25. The number of benzene rings is 3. The zero-order valence-electron chi connectivity index (χ0n) is 21.9. The lowest BCUT2D eigenvalue weighted by Crippen LogP contribution is -2.39. The van der Waals surface area contributed by atoms with E-state index in [1.807, 2.05) is 68.5 Å². The number of nitrogens with one attached hydrogen (secondary N) is 1. The van der Waals surface area contributed by atoms with E-state index in [1.54, 1.807) is 12.1 Å². The van der Waals surface area contributed by atoms with Crippen LogP contribution in [0, 0.1) is 0 Å². The van der Waals surface area contributed by atoms with Gasteiger partial charge >= 0.3 is 5.97 Å². The molecule has 3 aromatic carbocycles. The van der Waals surface area contributed by atoms with Crippen molar-refractivity contribution in [3.8, 4) is 28.4 Å². The third-order valence-corrected chi connectivity index (χ3v) is 6.36. The largest absolute Gasteiger partial charge is 0.490 e. The van der Waals surface area contributed by atoms with Gasteiger partial charge in [-0.1, -0.05) is 36.4 Å². The maximum atomic E-state index is 11.1. The summed E-state index contributed by atoms with van der Waals surface area (Å²) in [4.78, 5) is 11.1. The van der Waals surface area contributed by atoms with Crippen LogP contribution >= 0.6 is 0 Å². The van der Waals surface area contributed by atoms with Gasteiger partial charge in [-0.05, 0) is 85.3 Å². The summed E-state index contributed by atoms with van der Waals surface area (Å²) in [7, 11) is 0. The second kappa shape index (κ2) is 13.1. The molecule has 1 aliphatic rings. The Bertz CT molecular complexity index is 1250. The molecule has 2 atom stereocenters. The number of aromatic carboxylic acids is 1. The van der Waals surface area contributed by atoms with Crippen molar-refractivity contribution in [2.24, 2.45) is 0 Å². The van der Waals surface area contributed by atoms with E-state index in [0.717, 1.165) is 40.8 Å². The molecule has 200 valence electrons. The smallest absolute Gasteiger partial charge is 0.335 e. The predicted molar refractivity (Wildman–Crippen MR) is 148 cm³/mol. The zero-order valence-corrected chi connectivity index (χ0v) is 21.9. The number of aryl methyl sites for hydroxylation is 1. The lowest BCUT2D eigenvalue weighted by molar-refractivity contribution is 0.0697. The van der Waals surface area contributed by atoms with Crippen LogP contribution < -0.4 is 19.5 Å². The highest BCUT2D eigenvalue weighted by molar-refractivity contribution is 5.88. The third-order valence-electron chi connectivity index (χ3n) is 6.36. The van der Waals surface area contributed by atoms with E-state index in [1.165, 1.54) is 0 Å². The van der Waals surface area contributed by atoms with Crippen LogP contribution in [-0.4, -0.2) is 54.7 Å². The normalized spacial score (nSPS) is 15.5. The molecule has 0 radical (unpaired) electrons. The van der Waals surface area contributed by atoms with Crippen LogP contribution in [0.15, 0.2) is 66.7 Å². The lowest BCUT2D eigenvalue weighted by Gasteiger charge is -2.27. The van der Waals surface area contributed by atoms with Crippen LogP contribution in [0.4, 0.5) is 0 Å². The molecule has 0 fully saturated rings. The standard InChI is InChI=1S/C31H35NO6/c1-3-5-21-6-14-29(36-4-2)30(16-21)37-20-26(33)18-32-19-27-13-11-25-17-24(12-15-28(25)38-27)22-7-9-23(10-8-22)31(34)35/h3,5-10,12,14-17,26-27,32-33H,4,11,13,18-20H2,1-2H3,(H,34,35)/t26-,27-/m1/s1. The van der Waals surface area contributed by atoms with Gasteiger partial charge in [-0.25, -0.2) is 4.79 Å². The van der Waals surface area contributed by atoms with E-state index >= 15 is 0 Å². The van der Waals surface area contributed by atoms with E-state index in [9.17, 15) is 9.90 Å². The Hall–Kier alpha value is -3.81. The quantitative estimate of drug-likeness (QED) is 0.304. The van der Waals surface area contributed by atoms with E-state index in [-0.39, 0.29) is 18.3 Å². The number of hydrogen-bond acceptors (Lipinski definition) is 6. The van der Waals surface area contributed by atoms with Gasteiger partial charge < -0.3 is 29.7 Å². The number of aliphatic hydroxyl groups excluding tert-OH is 1. The highest BCUT2D eigenvalue weighted by Gasteiger charge is 2.20. The van der Waals surface area contributed by atoms with E-state index in [4.69, 9.17) is 19.3 Å². The number of allylic oxidation sites excluding steroid dienone is 1. The average molecular weight is 518 g/mol. The van der Waals surface area contributed by atoms with Gasteiger partial charge in [0.2, 0.25) is 0 Å². The highest BCUT2D eigenvalue weighted by atomic mass is 16.5. The van der Waals surface area contributed by atoms with Crippen molar-refractivity contribution in [1.29, 1.82) is 0 Å². The second-order valence-corrected chi connectivity index (χ2v) is 9.25. The predicted octanol–water partition coefficient (Wildman–Crippen LogP) is 5.21. The summed E-state index contributed by atoms with van der Waals surface area (Å²) in [5.41, 5.74) is 4.43. The van der Waals surface area contributed by atoms with Gasteiger partial charge in [0.25, 0.3) is 0 Å². The molecule has 0 saturated carbocycles. The number of carboxylic acids is 1. The molecule has 4 rings (SSSR count). The topological polar surface area (TPSA) is 97.2 Å². The summed E-state index contributed by atoms with van der Waals surface area (Å²) < 4.78 is 17.7. The summed E-state index contributed by atoms with van der Waals surface area (Å²) in [6, 6.07) is 18.7. The first-order valence-electron chi connectivity index (χ1n) is 13.0. The number of aliphatic hydroxyl groups is 1. The first-order valence-corrected chi connectivity index (χ1v) is 13.0.